The molecular weight excluding hydrogens is 276 g/mol. The van der Waals surface area contributed by atoms with E-state index in [-0.39, 0.29) is 12.0 Å². The van der Waals surface area contributed by atoms with Gasteiger partial charge in [-0.05, 0) is 11.5 Å². The van der Waals surface area contributed by atoms with Gasteiger partial charge in [0.2, 0.25) is 5.91 Å². The first-order valence-corrected chi connectivity index (χ1v) is 7.77. The smallest absolute Gasteiger partial charge is 0.223 e. The molecule has 1 aromatic carbocycles. The van der Waals surface area contributed by atoms with Gasteiger partial charge in [0, 0.05) is 19.4 Å². The zero-order chi connectivity index (χ0) is 15.9. The Labute approximate surface area is 132 Å². The van der Waals surface area contributed by atoms with Crippen LogP contribution in [0, 0.1) is 5.92 Å². The van der Waals surface area contributed by atoms with Gasteiger partial charge in [0.25, 0.3) is 0 Å². The van der Waals surface area contributed by atoms with Crippen molar-refractivity contribution in [3.63, 3.8) is 0 Å². The van der Waals surface area contributed by atoms with Crippen LogP contribution in [0.1, 0.15) is 32.3 Å². The van der Waals surface area contributed by atoms with Gasteiger partial charge in [-0.15, -0.1) is 6.58 Å². The summed E-state index contributed by atoms with van der Waals surface area (Å²) in [5.41, 5.74) is 2.02. The minimum Gasteiger partial charge on any atom is -0.390 e. The summed E-state index contributed by atoms with van der Waals surface area (Å²) in [4.78, 5) is 19.6. The van der Waals surface area contributed by atoms with Crippen molar-refractivity contribution in [2.75, 3.05) is 13.1 Å². The Morgan fingerprint density at radius 3 is 2.82 bits per heavy atom. The molecule has 118 valence electrons. The van der Waals surface area contributed by atoms with Gasteiger partial charge < -0.3 is 9.74 Å². The fourth-order valence-corrected chi connectivity index (χ4v) is 2.49. The molecule has 0 N–H and O–H groups in total. The van der Waals surface area contributed by atoms with E-state index in [1.165, 1.54) is 0 Å². The van der Waals surface area contributed by atoms with Gasteiger partial charge in [0.05, 0.1) is 12.3 Å². The van der Waals surface area contributed by atoms with Crippen LogP contribution in [0.3, 0.4) is 0 Å². The first-order chi connectivity index (χ1) is 10.6. The zero-order valence-electron chi connectivity index (χ0n) is 13.4. The average molecular weight is 300 g/mol. The number of nitrogens with zero attached hydrogens (tertiary/aromatic N) is 2. The van der Waals surface area contributed by atoms with Crippen LogP contribution in [0.4, 0.5) is 0 Å². The maximum Gasteiger partial charge on any atom is 0.223 e. The van der Waals surface area contributed by atoms with E-state index in [1.807, 2.05) is 44.2 Å². The Balaban J connectivity index is 1.93. The molecule has 1 amide bonds. The lowest BCUT2D eigenvalue weighted by atomic mass is 10.0. The van der Waals surface area contributed by atoms with Crippen LogP contribution >= 0.6 is 0 Å². The predicted molar refractivity (Wildman–Crippen MR) is 88.7 cm³/mol. The number of hydrogen-bond donors (Lipinski definition) is 0. The van der Waals surface area contributed by atoms with Crippen LogP contribution in [0.2, 0.25) is 0 Å². The monoisotopic (exact) mass is 300 g/mol. The first-order valence-electron chi connectivity index (χ1n) is 7.77. The molecule has 1 aliphatic rings. The summed E-state index contributed by atoms with van der Waals surface area (Å²) in [5, 5.41) is 4.17. The summed E-state index contributed by atoms with van der Waals surface area (Å²) in [7, 11) is 0. The Kier molecular flexibility index (Phi) is 5.75. The second kappa shape index (κ2) is 7.78. The molecule has 1 atom stereocenters. The van der Waals surface area contributed by atoms with E-state index in [9.17, 15) is 4.79 Å². The molecule has 4 nitrogen and oxygen atoms in total. The Morgan fingerprint density at radius 1 is 1.45 bits per heavy atom. The minimum absolute atomic E-state index is 0.0775. The second-order valence-corrected chi connectivity index (χ2v) is 6.02. The quantitative estimate of drug-likeness (QED) is 0.725. The largest absolute Gasteiger partial charge is 0.390 e. The number of rotatable bonds is 7. The minimum atomic E-state index is -0.0775. The summed E-state index contributed by atoms with van der Waals surface area (Å²) in [6.07, 6.45) is 2.96. The first kappa shape index (κ1) is 16.3. The van der Waals surface area contributed by atoms with Gasteiger partial charge >= 0.3 is 0 Å². The molecule has 0 unspecified atom stereocenters. The number of amides is 1. The fraction of sp³-hybridized carbons (Fsp3) is 0.444. The molecule has 1 heterocycles. The van der Waals surface area contributed by atoms with E-state index in [0.717, 1.165) is 17.7 Å². The van der Waals surface area contributed by atoms with Crippen molar-refractivity contribution in [3.05, 3.63) is 48.6 Å². The van der Waals surface area contributed by atoms with Gasteiger partial charge in [-0.3, -0.25) is 4.79 Å². The van der Waals surface area contributed by atoms with Crippen molar-refractivity contribution in [3.8, 4) is 0 Å². The molecule has 22 heavy (non-hydrogen) atoms. The lowest BCUT2D eigenvalue weighted by Gasteiger charge is -2.24. The number of carbonyl (C=O) groups excluding carboxylic acids is 1. The van der Waals surface area contributed by atoms with E-state index in [0.29, 0.717) is 25.4 Å². The van der Waals surface area contributed by atoms with Crippen LogP contribution in [0.25, 0.3) is 0 Å². The average Bonchev–Trinajstić information content (AvgIpc) is 2.95. The molecule has 2 rings (SSSR count). The maximum absolute atomic E-state index is 12.3. The summed E-state index contributed by atoms with van der Waals surface area (Å²) in [5.74, 6) is 0.493. The van der Waals surface area contributed by atoms with Crippen molar-refractivity contribution in [1.29, 1.82) is 0 Å². The second-order valence-electron chi connectivity index (χ2n) is 6.02. The van der Waals surface area contributed by atoms with Gasteiger partial charge in [-0.1, -0.05) is 55.4 Å². The highest BCUT2D eigenvalue weighted by Crippen LogP contribution is 2.18. The SMILES string of the molecule is C=CCN(C[C@@H]1CC(c2ccccc2)=NO1)C(=O)CC(C)C. The highest BCUT2D eigenvalue weighted by Gasteiger charge is 2.26. The van der Waals surface area contributed by atoms with E-state index >= 15 is 0 Å². The van der Waals surface area contributed by atoms with Crippen molar-refractivity contribution in [2.24, 2.45) is 11.1 Å². The molecular formula is C18H24N2O2. The summed E-state index contributed by atoms with van der Waals surface area (Å²) in [6.45, 7) is 8.93. The number of benzene rings is 1. The molecule has 0 aliphatic carbocycles. The lowest BCUT2D eigenvalue weighted by Crippen LogP contribution is -2.38. The van der Waals surface area contributed by atoms with Gasteiger partial charge in [0.15, 0.2) is 6.10 Å². The van der Waals surface area contributed by atoms with Gasteiger partial charge in [-0.25, -0.2) is 0 Å². The number of oxime groups is 1. The molecule has 0 bridgehead atoms. The Morgan fingerprint density at radius 2 is 2.18 bits per heavy atom. The highest BCUT2D eigenvalue weighted by atomic mass is 16.6. The maximum atomic E-state index is 12.3. The van der Waals surface area contributed by atoms with Crippen LogP contribution in [-0.2, 0) is 9.63 Å². The van der Waals surface area contributed by atoms with E-state index in [4.69, 9.17) is 4.84 Å². The number of hydrogen-bond acceptors (Lipinski definition) is 3. The molecule has 1 aromatic rings. The van der Waals surface area contributed by atoms with Gasteiger partial charge in [-0.2, -0.15) is 0 Å². The van der Waals surface area contributed by atoms with Crippen molar-refractivity contribution in [2.45, 2.75) is 32.8 Å². The zero-order valence-corrected chi connectivity index (χ0v) is 13.4. The molecule has 0 spiro atoms. The van der Waals surface area contributed by atoms with Crippen LogP contribution in [0.15, 0.2) is 48.1 Å². The summed E-state index contributed by atoms with van der Waals surface area (Å²) >= 11 is 0. The van der Waals surface area contributed by atoms with Crippen molar-refractivity contribution >= 4 is 11.6 Å². The van der Waals surface area contributed by atoms with E-state index < -0.39 is 0 Å². The molecule has 1 aliphatic heterocycles. The van der Waals surface area contributed by atoms with Crippen LogP contribution in [-0.4, -0.2) is 35.7 Å². The number of carbonyl (C=O) groups is 1. The third kappa shape index (κ3) is 4.45. The molecule has 0 aromatic heterocycles. The van der Waals surface area contributed by atoms with Gasteiger partial charge in [0.1, 0.15) is 0 Å². The molecule has 4 heteroatoms. The van der Waals surface area contributed by atoms with Crippen LogP contribution in [0.5, 0.6) is 0 Å². The molecule has 0 saturated carbocycles. The fourth-order valence-electron chi connectivity index (χ4n) is 2.49. The summed E-state index contributed by atoms with van der Waals surface area (Å²) < 4.78 is 0. The van der Waals surface area contributed by atoms with E-state index in [1.54, 1.807) is 11.0 Å². The molecule has 0 saturated heterocycles. The Bertz CT molecular complexity index is 537. The molecule has 0 fully saturated rings. The normalized spacial score (nSPS) is 17.0. The van der Waals surface area contributed by atoms with E-state index in [2.05, 4.69) is 11.7 Å². The molecule has 0 radical (unpaired) electrons. The lowest BCUT2D eigenvalue weighted by molar-refractivity contribution is -0.133. The van der Waals surface area contributed by atoms with Crippen molar-refractivity contribution in [1.82, 2.24) is 4.90 Å². The van der Waals surface area contributed by atoms with Crippen molar-refractivity contribution < 1.29 is 9.63 Å². The van der Waals surface area contributed by atoms with Crippen LogP contribution < -0.4 is 0 Å². The highest BCUT2D eigenvalue weighted by molar-refractivity contribution is 6.01. The standard InChI is InChI=1S/C18H24N2O2/c1-4-10-20(18(21)11-14(2)3)13-16-12-17(19-22-16)15-8-6-5-7-9-15/h4-9,14,16H,1,10-13H2,2-3H3/t16-/m0/s1. The third-order valence-corrected chi connectivity index (χ3v) is 3.55. The third-order valence-electron chi connectivity index (χ3n) is 3.55. The predicted octanol–water partition coefficient (Wildman–Crippen LogP) is 3.24. The topological polar surface area (TPSA) is 41.9 Å². The summed E-state index contributed by atoms with van der Waals surface area (Å²) in [6, 6.07) is 10.0. The Hall–Kier alpha value is -2.10.